The number of ether oxygens (including phenoxy) is 1. The van der Waals surface area contributed by atoms with E-state index < -0.39 is 0 Å². The summed E-state index contributed by atoms with van der Waals surface area (Å²) in [4.78, 5) is 0. The van der Waals surface area contributed by atoms with Crippen molar-refractivity contribution in [3.05, 3.63) is 0 Å². The Morgan fingerprint density at radius 1 is 1.22 bits per heavy atom. The van der Waals surface area contributed by atoms with Crippen molar-refractivity contribution in [2.45, 2.75) is 71.4 Å². The lowest BCUT2D eigenvalue weighted by atomic mass is 9.69. The minimum atomic E-state index is 0.143. The summed E-state index contributed by atoms with van der Waals surface area (Å²) >= 11 is 0. The first-order chi connectivity index (χ1) is 8.52. The summed E-state index contributed by atoms with van der Waals surface area (Å²) in [5, 5.41) is 3.75. The molecular formula is C16H31NO. The Bertz CT molecular complexity index is 254. The fourth-order valence-corrected chi connectivity index (χ4v) is 4.16. The number of hydrogen-bond acceptors (Lipinski definition) is 2. The van der Waals surface area contributed by atoms with Gasteiger partial charge in [-0.3, -0.25) is 0 Å². The number of nitrogens with one attached hydrogen (secondary N) is 1. The average Bonchev–Trinajstić information content (AvgIpc) is 2.26. The van der Waals surface area contributed by atoms with E-state index in [-0.39, 0.29) is 5.60 Å². The SMILES string of the molecule is CC(C)CCC1NCCOC12CC(C)CC(C)C2. The molecule has 2 aliphatic rings. The van der Waals surface area contributed by atoms with E-state index in [4.69, 9.17) is 4.74 Å². The first kappa shape index (κ1) is 14.3. The highest BCUT2D eigenvalue weighted by Crippen LogP contribution is 2.42. The second kappa shape index (κ2) is 5.92. The highest BCUT2D eigenvalue weighted by Gasteiger charge is 2.46. The molecule has 0 aromatic rings. The third-order valence-corrected chi connectivity index (χ3v) is 4.74. The molecule has 1 aliphatic carbocycles. The number of rotatable bonds is 3. The second-order valence-corrected chi connectivity index (χ2v) is 7.25. The molecule has 0 amide bonds. The van der Waals surface area contributed by atoms with Crippen molar-refractivity contribution in [3.63, 3.8) is 0 Å². The van der Waals surface area contributed by atoms with Crippen LogP contribution < -0.4 is 5.32 Å². The van der Waals surface area contributed by atoms with E-state index in [1.54, 1.807) is 0 Å². The zero-order valence-electron chi connectivity index (χ0n) is 12.7. The third kappa shape index (κ3) is 3.27. The van der Waals surface area contributed by atoms with Crippen LogP contribution in [0.25, 0.3) is 0 Å². The van der Waals surface area contributed by atoms with Gasteiger partial charge in [0.1, 0.15) is 0 Å². The van der Waals surface area contributed by atoms with Crippen LogP contribution in [0.3, 0.4) is 0 Å². The van der Waals surface area contributed by atoms with E-state index in [0.29, 0.717) is 6.04 Å². The van der Waals surface area contributed by atoms with E-state index in [1.807, 2.05) is 0 Å². The maximum atomic E-state index is 6.33. The monoisotopic (exact) mass is 253 g/mol. The van der Waals surface area contributed by atoms with Gasteiger partial charge >= 0.3 is 0 Å². The summed E-state index contributed by atoms with van der Waals surface area (Å²) < 4.78 is 6.33. The van der Waals surface area contributed by atoms with Crippen molar-refractivity contribution in [1.29, 1.82) is 0 Å². The minimum absolute atomic E-state index is 0.143. The van der Waals surface area contributed by atoms with Gasteiger partial charge in [0.2, 0.25) is 0 Å². The normalized spacial score (nSPS) is 41.5. The molecule has 1 saturated carbocycles. The summed E-state index contributed by atoms with van der Waals surface area (Å²) in [5.41, 5.74) is 0.143. The van der Waals surface area contributed by atoms with Crippen molar-refractivity contribution >= 4 is 0 Å². The van der Waals surface area contributed by atoms with Gasteiger partial charge in [0.15, 0.2) is 0 Å². The Balaban J connectivity index is 2.05. The van der Waals surface area contributed by atoms with Gasteiger partial charge in [-0.05, 0) is 49.9 Å². The Hall–Kier alpha value is -0.0800. The van der Waals surface area contributed by atoms with E-state index in [1.165, 1.54) is 32.1 Å². The number of hydrogen-bond donors (Lipinski definition) is 1. The maximum Gasteiger partial charge on any atom is 0.0840 e. The lowest BCUT2D eigenvalue weighted by Crippen LogP contribution is -2.60. The van der Waals surface area contributed by atoms with E-state index in [2.05, 4.69) is 33.0 Å². The zero-order chi connectivity index (χ0) is 13.2. The fraction of sp³-hybridized carbons (Fsp3) is 1.00. The molecule has 18 heavy (non-hydrogen) atoms. The van der Waals surface area contributed by atoms with E-state index in [9.17, 15) is 0 Å². The molecule has 2 nitrogen and oxygen atoms in total. The molecule has 0 aromatic heterocycles. The molecule has 106 valence electrons. The molecule has 1 saturated heterocycles. The van der Waals surface area contributed by atoms with Gasteiger partial charge in [0.25, 0.3) is 0 Å². The third-order valence-electron chi connectivity index (χ3n) is 4.74. The molecule has 3 unspecified atom stereocenters. The molecule has 0 radical (unpaired) electrons. The standard InChI is InChI=1S/C16H31NO/c1-12(2)5-6-15-16(18-8-7-17-15)10-13(3)9-14(4)11-16/h12-15,17H,5-11H2,1-4H3. The van der Waals surface area contributed by atoms with Gasteiger partial charge in [-0.1, -0.05) is 27.7 Å². The Labute approximate surface area is 113 Å². The largest absolute Gasteiger partial charge is 0.372 e. The molecule has 0 bridgehead atoms. The lowest BCUT2D eigenvalue weighted by molar-refractivity contribution is -0.138. The van der Waals surface area contributed by atoms with Crippen LogP contribution in [0.15, 0.2) is 0 Å². The molecule has 2 heteroatoms. The molecule has 3 atom stereocenters. The van der Waals surface area contributed by atoms with Gasteiger partial charge in [-0.2, -0.15) is 0 Å². The highest BCUT2D eigenvalue weighted by atomic mass is 16.5. The molecule has 1 N–H and O–H groups in total. The van der Waals surface area contributed by atoms with Crippen molar-refractivity contribution in [2.24, 2.45) is 17.8 Å². The molecule has 0 aromatic carbocycles. The van der Waals surface area contributed by atoms with Crippen molar-refractivity contribution in [1.82, 2.24) is 5.32 Å². The average molecular weight is 253 g/mol. The van der Waals surface area contributed by atoms with Gasteiger partial charge in [-0.15, -0.1) is 0 Å². The van der Waals surface area contributed by atoms with Crippen LogP contribution in [0.1, 0.15) is 59.8 Å². The Kier molecular flexibility index (Phi) is 4.71. The molecule has 1 aliphatic heterocycles. The van der Waals surface area contributed by atoms with Crippen LogP contribution in [0.4, 0.5) is 0 Å². The van der Waals surface area contributed by atoms with Crippen LogP contribution in [-0.4, -0.2) is 24.8 Å². The molecular weight excluding hydrogens is 222 g/mol. The van der Waals surface area contributed by atoms with Crippen molar-refractivity contribution in [2.75, 3.05) is 13.2 Å². The van der Waals surface area contributed by atoms with Gasteiger partial charge in [0.05, 0.1) is 12.2 Å². The highest BCUT2D eigenvalue weighted by molar-refractivity contribution is 5.00. The Morgan fingerprint density at radius 3 is 2.50 bits per heavy atom. The first-order valence-corrected chi connectivity index (χ1v) is 7.89. The van der Waals surface area contributed by atoms with Crippen LogP contribution in [0, 0.1) is 17.8 Å². The lowest BCUT2D eigenvalue weighted by Gasteiger charge is -2.50. The molecule has 2 rings (SSSR count). The smallest absolute Gasteiger partial charge is 0.0840 e. The minimum Gasteiger partial charge on any atom is -0.372 e. The van der Waals surface area contributed by atoms with Crippen LogP contribution in [0.5, 0.6) is 0 Å². The maximum absolute atomic E-state index is 6.33. The van der Waals surface area contributed by atoms with Crippen molar-refractivity contribution < 1.29 is 4.74 Å². The fourth-order valence-electron chi connectivity index (χ4n) is 4.16. The number of morpholine rings is 1. The van der Waals surface area contributed by atoms with Crippen LogP contribution in [-0.2, 0) is 4.74 Å². The van der Waals surface area contributed by atoms with Gasteiger partial charge in [-0.25, -0.2) is 0 Å². The van der Waals surface area contributed by atoms with Crippen LogP contribution >= 0.6 is 0 Å². The Morgan fingerprint density at radius 2 is 1.89 bits per heavy atom. The summed E-state index contributed by atoms with van der Waals surface area (Å²) in [6, 6.07) is 0.582. The molecule has 2 fully saturated rings. The summed E-state index contributed by atoms with van der Waals surface area (Å²) in [7, 11) is 0. The van der Waals surface area contributed by atoms with E-state index >= 15 is 0 Å². The van der Waals surface area contributed by atoms with E-state index in [0.717, 1.165) is 30.9 Å². The summed E-state index contributed by atoms with van der Waals surface area (Å²) in [6.45, 7) is 11.4. The predicted octanol–water partition coefficient (Wildman–Crippen LogP) is 3.61. The van der Waals surface area contributed by atoms with Crippen molar-refractivity contribution in [3.8, 4) is 0 Å². The second-order valence-electron chi connectivity index (χ2n) is 7.25. The summed E-state index contributed by atoms with van der Waals surface area (Å²) in [5.74, 6) is 2.43. The quantitative estimate of drug-likeness (QED) is 0.829. The summed E-state index contributed by atoms with van der Waals surface area (Å²) in [6.07, 6.45) is 6.48. The van der Waals surface area contributed by atoms with Gasteiger partial charge < -0.3 is 10.1 Å². The molecule has 1 heterocycles. The zero-order valence-corrected chi connectivity index (χ0v) is 12.7. The predicted molar refractivity (Wildman–Crippen MR) is 76.7 cm³/mol. The first-order valence-electron chi connectivity index (χ1n) is 7.89. The van der Waals surface area contributed by atoms with Gasteiger partial charge in [0, 0.05) is 12.6 Å². The topological polar surface area (TPSA) is 21.3 Å². The molecule has 1 spiro atoms. The van der Waals surface area contributed by atoms with Crippen LogP contribution in [0.2, 0.25) is 0 Å².